The molecule has 1 heterocycles. The number of halogens is 2. The third-order valence-electron chi connectivity index (χ3n) is 3.15. The first kappa shape index (κ1) is 16.3. The first-order valence-corrected chi connectivity index (χ1v) is 8.46. The van der Waals surface area contributed by atoms with Gasteiger partial charge in [-0.25, -0.2) is 0 Å². The Balaban J connectivity index is 1.96. The van der Waals surface area contributed by atoms with Gasteiger partial charge in [-0.1, -0.05) is 65.4 Å². The smallest absolute Gasteiger partial charge is 0.270 e. The van der Waals surface area contributed by atoms with Crippen LogP contribution in [-0.4, -0.2) is 15.3 Å². The molecule has 0 aliphatic carbocycles. The molecule has 1 N–H and O–H groups in total. The van der Waals surface area contributed by atoms with Gasteiger partial charge in [0.25, 0.3) is 5.91 Å². The Hall–Kier alpha value is -1.53. The van der Waals surface area contributed by atoms with E-state index in [2.05, 4.69) is 0 Å². The number of benzene rings is 2. The number of phenols is 1. The number of amides is 1. The largest absolute Gasteiger partial charge is 0.505 e. The van der Waals surface area contributed by atoms with Crippen LogP contribution in [0.1, 0.15) is 5.56 Å². The predicted octanol–water partition coefficient (Wildman–Crippen LogP) is 5.10. The molecule has 0 aromatic heterocycles. The highest BCUT2D eigenvalue weighted by Crippen LogP contribution is 2.38. The lowest BCUT2D eigenvalue weighted by Crippen LogP contribution is -2.27. The van der Waals surface area contributed by atoms with Gasteiger partial charge in [-0.2, -0.15) is 0 Å². The summed E-state index contributed by atoms with van der Waals surface area (Å²) in [6, 6.07) is 12.3. The third-order valence-corrected chi connectivity index (χ3v) is 5.02. The van der Waals surface area contributed by atoms with Crippen LogP contribution in [0.15, 0.2) is 47.4 Å². The summed E-state index contributed by atoms with van der Waals surface area (Å²) in [4.78, 5) is 14.5. The quantitative estimate of drug-likeness (QED) is 0.579. The van der Waals surface area contributed by atoms with Crippen molar-refractivity contribution in [1.29, 1.82) is 0 Å². The molecule has 1 fully saturated rings. The Morgan fingerprint density at radius 1 is 1.13 bits per heavy atom. The van der Waals surface area contributed by atoms with E-state index >= 15 is 0 Å². The fourth-order valence-corrected chi connectivity index (χ4v) is 3.89. The molecule has 0 unspecified atom stereocenters. The number of carbonyl (C=O) groups excluding carboxylic acids is 1. The summed E-state index contributed by atoms with van der Waals surface area (Å²) in [5.74, 6) is -0.381. The lowest BCUT2D eigenvalue weighted by atomic mass is 10.2. The second-order valence-corrected chi connectivity index (χ2v) is 7.18. The summed E-state index contributed by atoms with van der Waals surface area (Å²) in [5.41, 5.74) is 1.34. The maximum Gasteiger partial charge on any atom is 0.270 e. The average Bonchev–Trinajstić information content (AvgIpc) is 2.80. The number of thioether (sulfide) groups is 1. The van der Waals surface area contributed by atoms with E-state index in [4.69, 9.17) is 35.4 Å². The Kier molecular flexibility index (Phi) is 4.64. The standard InChI is InChI=1S/C16H9Cl2NO2S2/c17-11-6-9(7-12(18)14(11)20)8-13-15(21)19(16(22)23-13)10-4-2-1-3-5-10/h1-8,20H. The zero-order valence-corrected chi connectivity index (χ0v) is 14.6. The van der Waals surface area contributed by atoms with Gasteiger partial charge in [-0.3, -0.25) is 9.69 Å². The number of para-hydroxylation sites is 1. The maximum atomic E-state index is 12.6. The minimum absolute atomic E-state index is 0.127. The molecule has 116 valence electrons. The van der Waals surface area contributed by atoms with E-state index in [1.165, 1.54) is 28.8 Å². The molecule has 2 aromatic rings. The number of phenolic OH excluding ortho intramolecular Hbond substituents is 1. The van der Waals surface area contributed by atoms with E-state index < -0.39 is 0 Å². The van der Waals surface area contributed by atoms with Crippen molar-refractivity contribution in [3.63, 3.8) is 0 Å². The minimum Gasteiger partial charge on any atom is -0.505 e. The van der Waals surface area contributed by atoms with Crippen LogP contribution < -0.4 is 4.90 Å². The zero-order valence-electron chi connectivity index (χ0n) is 11.5. The molecule has 3 nitrogen and oxygen atoms in total. The SMILES string of the molecule is O=C1C(=Cc2cc(Cl)c(O)c(Cl)c2)SC(=S)N1c1ccccc1. The number of carbonyl (C=O) groups is 1. The Morgan fingerprint density at radius 2 is 1.74 bits per heavy atom. The number of hydrogen-bond acceptors (Lipinski definition) is 4. The van der Waals surface area contributed by atoms with E-state index in [0.717, 1.165) is 5.69 Å². The second-order valence-electron chi connectivity index (χ2n) is 4.69. The molecule has 3 rings (SSSR count). The highest BCUT2D eigenvalue weighted by Gasteiger charge is 2.33. The Bertz CT molecular complexity index is 814. The fourth-order valence-electron chi connectivity index (χ4n) is 2.09. The van der Waals surface area contributed by atoms with Crippen LogP contribution in [0.4, 0.5) is 5.69 Å². The van der Waals surface area contributed by atoms with E-state index in [9.17, 15) is 9.90 Å². The number of nitrogens with zero attached hydrogens (tertiary/aromatic N) is 1. The summed E-state index contributed by atoms with van der Waals surface area (Å²) >= 11 is 18.3. The summed E-state index contributed by atoms with van der Waals surface area (Å²) in [6.07, 6.45) is 1.65. The van der Waals surface area contributed by atoms with Gasteiger partial charge in [0, 0.05) is 0 Å². The molecule has 1 aliphatic rings. The summed E-state index contributed by atoms with van der Waals surface area (Å²) < 4.78 is 0.462. The van der Waals surface area contributed by atoms with Crippen molar-refractivity contribution in [3.05, 3.63) is 63.0 Å². The van der Waals surface area contributed by atoms with Crippen LogP contribution in [0.25, 0.3) is 6.08 Å². The van der Waals surface area contributed by atoms with E-state index in [0.29, 0.717) is 14.8 Å². The number of hydrogen-bond donors (Lipinski definition) is 1. The number of thiocarbonyl (C=S) groups is 1. The third kappa shape index (κ3) is 3.23. The van der Waals surface area contributed by atoms with Crippen molar-refractivity contribution in [3.8, 4) is 5.75 Å². The Labute approximate surface area is 152 Å². The molecule has 1 saturated heterocycles. The molecule has 23 heavy (non-hydrogen) atoms. The topological polar surface area (TPSA) is 40.5 Å². The second kappa shape index (κ2) is 6.53. The van der Waals surface area contributed by atoms with Gasteiger partial charge in [0.15, 0.2) is 10.1 Å². The normalized spacial score (nSPS) is 16.4. The van der Waals surface area contributed by atoms with Gasteiger partial charge < -0.3 is 5.11 Å². The lowest BCUT2D eigenvalue weighted by molar-refractivity contribution is -0.113. The van der Waals surface area contributed by atoms with E-state index in [-0.39, 0.29) is 21.7 Å². The van der Waals surface area contributed by atoms with Gasteiger partial charge in [0.1, 0.15) is 0 Å². The number of aromatic hydroxyl groups is 1. The molecule has 0 bridgehead atoms. The van der Waals surface area contributed by atoms with Crippen LogP contribution >= 0.6 is 47.2 Å². The molecular weight excluding hydrogens is 373 g/mol. The van der Waals surface area contributed by atoms with Crippen molar-refractivity contribution in [1.82, 2.24) is 0 Å². The van der Waals surface area contributed by atoms with Crippen LogP contribution in [-0.2, 0) is 4.79 Å². The molecule has 0 atom stereocenters. The maximum absolute atomic E-state index is 12.6. The minimum atomic E-state index is -0.202. The van der Waals surface area contributed by atoms with E-state index in [1.807, 2.05) is 30.3 Å². The molecule has 0 spiro atoms. The number of rotatable bonds is 2. The first-order valence-electron chi connectivity index (χ1n) is 6.48. The molecule has 1 amide bonds. The Morgan fingerprint density at radius 3 is 2.35 bits per heavy atom. The van der Waals surface area contributed by atoms with Gasteiger partial charge >= 0.3 is 0 Å². The van der Waals surface area contributed by atoms with Gasteiger partial charge in [-0.05, 0) is 35.9 Å². The molecule has 7 heteroatoms. The van der Waals surface area contributed by atoms with Crippen molar-refractivity contribution in [2.24, 2.45) is 0 Å². The molecule has 0 radical (unpaired) electrons. The lowest BCUT2D eigenvalue weighted by Gasteiger charge is -2.13. The molecule has 2 aromatic carbocycles. The molecular formula is C16H9Cl2NO2S2. The van der Waals surface area contributed by atoms with Crippen LogP contribution in [0, 0.1) is 0 Å². The van der Waals surface area contributed by atoms with E-state index in [1.54, 1.807) is 6.08 Å². The zero-order chi connectivity index (χ0) is 16.6. The van der Waals surface area contributed by atoms with Crippen LogP contribution in [0.3, 0.4) is 0 Å². The van der Waals surface area contributed by atoms with Crippen LogP contribution in [0.5, 0.6) is 5.75 Å². The summed E-state index contributed by atoms with van der Waals surface area (Å²) in [5, 5.41) is 9.84. The highest BCUT2D eigenvalue weighted by molar-refractivity contribution is 8.27. The first-order chi connectivity index (χ1) is 11.0. The van der Waals surface area contributed by atoms with Crippen molar-refractivity contribution in [2.75, 3.05) is 4.90 Å². The van der Waals surface area contributed by atoms with Crippen molar-refractivity contribution in [2.45, 2.75) is 0 Å². The number of anilines is 1. The van der Waals surface area contributed by atoms with Crippen molar-refractivity contribution < 1.29 is 9.90 Å². The fraction of sp³-hybridized carbons (Fsp3) is 0. The van der Waals surface area contributed by atoms with Gasteiger partial charge in [-0.15, -0.1) is 0 Å². The van der Waals surface area contributed by atoms with Gasteiger partial charge in [0.05, 0.1) is 20.6 Å². The predicted molar refractivity (Wildman–Crippen MR) is 100 cm³/mol. The molecule has 0 saturated carbocycles. The summed E-state index contributed by atoms with van der Waals surface area (Å²) in [6.45, 7) is 0. The van der Waals surface area contributed by atoms with Crippen LogP contribution in [0.2, 0.25) is 10.0 Å². The average molecular weight is 382 g/mol. The molecule has 1 aliphatic heterocycles. The van der Waals surface area contributed by atoms with Crippen molar-refractivity contribution >= 4 is 69.2 Å². The van der Waals surface area contributed by atoms with Gasteiger partial charge in [0.2, 0.25) is 0 Å². The summed E-state index contributed by atoms with van der Waals surface area (Å²) in [7, 11) is 0. The highest BCUT2D eigenvalue weighted by atomic mass is 35.5. The monoisotopic (exact) mass is 381 g/mol.